The molecule has 0 spiro atoms. The first kappa shape index (κ1) is 18.8. The molecule has 4 rings (SSSR count). The lowest BCUT2D eigenvalue weighted by atomic mass is 9.99. The van der Waals surface area contributed by atoms with Gasteiger partial charge in [0.1, 0.15) is 23.7 Å². The Morgan fingerprint density at radius 2 is 1.69 bits per heavy atom. The Hall–Kier alpha value is -3.53. The van der Waals surface area contributed by atoms with Crippen LogP contribution in [0.1, 0.15) is 18.1 Å². The second-order valence-corrected chi connectivity index (χ2v) is 6.79. The molecule has 146 valence electrons. The van der Waals surface area contributed by atoms with Gasteiger partial charge in [-0.15, -0.1) is 0 Å². The lowest BCUT2D eigenvalue weighted by Crippen LogP contribution is -2.02. The second kappa shape index (κ2) is 8.23. The molecule has 0 aliphatic carbocycles. The summed E-state index contributed by atoms with van der Waals surface area (Å²) < 4.78 is 16.8. The van der Waals surface area contributed by atoms with Crippen molar-refractivity contribution in [3.63, 3.8) is 0 Å². The van der Waals surface area contributed by atoms with Crippen molar-refractivity contribution >= 4 is 11.0 Å². The first-order valence-corrected chi connectivity index (χ1v) is 9.60. The number of ether oxygens (including phenoxy) is 2. The van der Waals surface area contributed by atoms with Crippen molar-refractivity contribution in [1.29, 1.82) is 0 Å². The molecule has 0 N–H and O–H groups in total. The van der Waals surface area contributed by atoms with Gasteiger partial charge in [0, 0.05) is 17.5 Å². The van der Waals surface area contributed by atoms with Crippen LogP contribution in [0.25, 0.3) is 22.1 Å². The monoisotopic (exact) mass is 386 g/mol. The van der Waals surface area contributed by atoms with Crippen LogP contribution < -0.4 is 15.1 Å². The van der Waals surface area contributed by atoms with Crippen LogP contribution in [-0.4, -0.2) is 7.11 Å². The van der Waals surface area contributed by atoms with Crippen LogP contribution in [0.3, 0.4) is 0 Å². The normalized spacial score (nSPS) is 10.8. The number of methoxy groups -OCH3 is 1. The standard InChI is InChI=1S/C25H22O4/c1-3-18-13-22-21(19-7-5-4-6-8-19)14-25(26)29-24(22)15-23(18)28-16-17-9-11-20(27-2)12-10-17/h4-15H,3,16H2,1-2H3. The predicted molar refractivity (Wildman–Crippen MR) is 115 cm³/mol. The summed E-state index contributed by atoms with van der Waals surface area (Å²) in [5, 5.41) is 0.907. The van der Waals surface area contributed by atoms with Crippen molar-refractivity contribution in [2.45, 2.75) is 20.0 Å². The van der Waals surface area contributed by atoms with E-state index in [1.54, 1.807) is 13.2 Å². The molecular weight excluding hydrogens is 364 g/mol. The molecule has 0 fully saturated rings. The van der Waals surface area contributed by atoms with E-state index in [-0.39, 0.29) is 5.63 Å². The first-order chi connectivity index (χ1) is 14.2. The summed E-state index contributed by atoms with van der Waals surface area (Å²) >= 11 is 0. The van der Waals surface area contributed by atoms with Gasteiger partial charge in [0.2, 0.25) is 0 Å². The molecule has 1 aromatic heterocycles. The number of aryl methyl sites for hydroxylation is 1. The summed E-state index contributed by atoms with van der Waals surface area (Å²) in [6.07, 6.45) is 0.807. The van der Waals surface area contributed by atoms with Gasteiger partial charge in [-0.2, -0.15) is 0 Å². The third-order valence-electron chi connectivity index (χ3n) is 4.94. The van der Waals surface area contributed by atoms with E-state index in [2.05, 4.69) is 13.0 Å². The van der Waals surface area contributed by atoms with Crippen LogP contribution in [0.15, 0.2) is 82.0 Å². The summed E-state index contributed by atoms with van der Waals surface area (Å²) in [4.78, 5) is 12.2. The van der Waals surface area contributed by atoms with Crippen molar-refractivity contribution in [2.75, 3.05) is 7.11 Å². The molecule has 0 amide bonds. The number of fused-ring (bicyclic) bond motifs is 1. The number of hydrogen-bond acceptors (Lipinski definition) is 4. The van der Waals surface area contributed by atoms with Gasteiger partial charge in [-0.1, -0.05) is 49.4 Å². The third kappa shape index (κ3) is 4.02. The van der Waals surface area contributed by atoms with Gasteiger partial charge < -0.3 is 13.9 Å². The Morgan fingerprint density at radius 3 is 2.38 bits per heavy atom. The van der Waals surface area contributed by atoms with Crippen LogP contribution in [0.4, 0.5) is 0 Å². The average molecular weight is 386 g/mol. The summed E-state index contributed by atoms with van der Waals surface area (Å²) in [5.41, 5.74) is 4.11. The minimum Gasteiger partial charge on any atom is -0.497 e. The smallest absolute Gasteiger partial charge is 0.336 e. The lowest BCUT2D eigenvalue weighted by Gasteiger charge is -2.13. The van der Waals surface area contributed by atoms with Crippen LogP contribution >= 0.6 is 0 Å². The van der Waals surface area contributed by atoms with Gasteiger partial charge in [0.15, 0.2) is 0 Å². The van der Waals surface area contributed by atoms with E-state index in [0.29, 0.717) is 12.2 Å². The molecule has 0 radical (unpaired) electrons. The van der Waals surface area contributed by atoms with Crippen molar-refractivity contribution in [1.82, 2.24) is 0 Å². The van der Waals surface area contributed by atoms with E-state index in [9.17, 15) is 4.79 Å². The van der Waals surface area contributed by atoms with Gasteiger partial charge in [-0.25, -0.2) is 4.79 Å². The van der Waals surface area contributed by atoms with Crippen molar-refractivity contribution < 1.29 is 13.9 Å². The molecule has 0 saturated carbocycles. The molecular formula is C25H22O4. The molecule has 0 aliphatic heterocycles. The highest BCUT2D eigenvalue weighted by Gasteiger charge is 2.13. The summed E-state index contributed by atoms with van der Waals surface area (Å²) in [7, 11) is 1.64. The molecule has 4 nitrogen and oxygen atoms in total. The minimum atomic E-state index is -0.373. The maximum absolute atomic E-state index is 12.2. The van der Waals surface area contributed by atoms with Crippen LogP contribution in [0.2, 0.25) is 0 Å². The Labute approximate surface area is 169 Å². The van der Waals surface area contributed by atoms with Crippen LogP contribution in [-0.2, 0) is 13.0 Å². The molecule has 1 heterocycles. The number of rotatable bonds is 6. The highest BCUT2D eigenvalue weighted by atomic mass is 16.5. The Balaban J connectivity index is 1.72. The van der Waals surface area contributed by atoms with E-state index >= 15 is 0 Å². The fourth-order valence-electron chi connectivity index (χ4n) is 3.38. The SMILES string of the molecule is CCc1cc2c(-c3ccccc3)cc(=O)oc2cc1OCc1ccc(OC)cc1. The quantitative estimate of drug-likeness (QED) is 0.404. The molecule has 3 aromatic carbocycles. The number of hydrogen-bond donors (Lipinski definition) is 0. The van der Waals surface area contributed by atoms with Gasteiger partial charge in [-0.3, -0.25) is 0 Å². The van der Waals surface area contributed by atoms with Gasteiger partial charge >= 0.3 is 5.63 Å². The van der Waals surface area contributed by atoms with E-state index in [4.69, 9.17) is 13.9 Å². The average Bonchev–Trinajstić information content (AvgIpc) is 2.77. The second-order valence-electron chi connectivity index (χ2n) is 6.79. The predicted octanol–water partition coefficient (Wildman–Crippen LogP) is 5.61. The molecule has 4 aromatic rings. The zero-order valence-corrected chi connectivity index (χ0v) is 16.5. The van der Waals surface area contributed by atoms with Crippen LogP contribution in [0, 0.1) is 0 Å². The summed E-state index contributed by atoms with van der Waals surface area (Å²) in [6, 6.07) is 23.1. The maximum Gasteiger partial charge on any atom is 0.336 e. The van der Waals surface area contributed by atoms with E-state index in [0.717, 1.165) is 45.6 Å². The van der Waals surface area contributed by atoms with Gasteiger partial charge in [0.25, 0.3) is 0 Å². The topological polar surface area (TPSA) is 48.7 Å². The van der Waals surface area contributed by atoms with Crippen molar-refractivity contribution in [3.8, 4) is 22.6 Å². The Morgan fingerprint density at radius 1 is 0.931 bits per heavy atom. The molecule has 0 aliphatic rings. The zero-order valence-electron chi connectivity index (χ0n) is 16.5. The van der Waals surface area contributed by atoms with E-state index in [1.165, 1.54) is 0 Å². The summed E-state index contributed by atoms with van der Waals surface area (Å²) in [6.45, 7) is 2.51. The molecule has 29 heavy (non-hydrogen) atoms. The number of benzene rings is 3. The molecule has 4 heteroatoms. The fraction of sp³-hybridized carbons (Fsp3) is 0.160. The zero-order chi connectivity index (χ0) is 20.2. The molecule has 0 unspecified atom stereocenters. The van der Waals surface area contributed by atoms with Crippen molar-refractivity contribution in [3.05, 3.63) is 94.3 Å². The maximum atomic E-state index is 12.2. The fourth-order valence-corrected chi connectivity index (χ4v) is 3.38. The highest BCUT2D eigenvalue weighted by molar-refractivity contribution is 5.94. The highest BCUT2D eigenvalue weighted by Crippen LogP contribution is 2.33. The molecule has 0 bridgehead atoms. The summed E-state index contributed by atoms with van der Waals surface area (Å²) in [5.74, 6) is 1.54. The lowest BCUT2D eigenvalue weighted by molar-refractivity contribution is 0.303. The van der Waals surface area contributed by atoms with Crippen molar-refractivity contribution in [2.24, 2.45) is 0 Å². The molecule has 0 saturated heterocycles. The van der Waals surface area contributed by atoms with Gasteiger partial charge in [-0.05, 0) is 46.9 Å². The van der Waals surface area contributed by atoms with Gasteiger partial charge in [0.05, 0.1) is 7.11 Å². The minimum absolute atomic E-state index is 0.373. The van der Waals surface area contributed by atoms with Crippen LogP contribution in [0.5, 0.6) is 11.5 Å². The third-order valence-corrected chi connectivity index (χ3v) is 4.94. The van der Waals surface area contributed by atoms with E-state index in [1.807, 2.05) is 60.7 Å². The van der Waals surface area contributed by atoms with E-state index < -0.39 is 0 Å². The Kier molecular flexibility index (Phi) is 5.34. The molecule has 0 atom stereocenters. The largest absolute Gasteiger partial charge is 0.497 e. The Bertz CT molecular complexity index is 1180. The first-order valence-electron chi connectivity index (χ1n) is 9.60.